The van der Waals surface area contributed by atoms with Crippen molar-refractivity contribution in [3.8, 4) is 0 Å². The average molecular weight is 352 g/mol. The first-order valence-corrected chi connectivity index (χ1v) is 8.56. The number of aryl methyl sites for hydroxylation is 3. The molecule has 0 heterocycles. The quantitative estimate of drug-likeness (QED) is 0.416. The zero-order valence-corrected chi connectivity index (χ0v) is 16.7. The number of ketones is 1. The molecule has 0 saturated heterocycles. The Morgan fingerprint density at radius 2 is 1.46 bits per heavy atom. The Kier molecular flexibility index (Phi) is 9.69. The molecular weight excluding hydrogens is 323 g/mol. The van der Waals surface area contributed by atoms with Gasteiger partial charge in [-0.2, -0.15) is 0 Å². The molecule has 1 aromatic rings. The lowest BCUT2D eigenvalue weighted by molar-refractivity contribution is -0.149. The Morgan fingerprint density at radius 1 is 1.00 bits per heavy atom. The second-order valence-electron chi connectivity index (χ2n) is 6.89. The molecule has 24 heavy (non-hydrogen) atoms. The molecule has 0 aromatic heterocycles. The number of benzene rings is 1. The first-order valence-electron chi connectivity index (χ1n) is 8.15. The number of rotatable bonds is 6. The Morgan fingerprint density at radius 3 is 1.83 bits per heavy atom. The van der Waals surface area contributed by atoms with Crippen molar-refractivity contribution in [1.29, 1.82) is 0 Å². The van der Waals surface area contributed by atoms with Crippen LogP contribution in [0.3, 0.4) is 0 Å². The van der Waals surface area contributed by atoms with Crippen LogP contribution < -0.4 is 0 Å². The minimum absolute atomic E-state index is 0.0521. The third kappa shape index (κ3) is 6.52. The number of ether oxygens (including phenoxy) is 1. The summed E-state index contributed by atoms with van der Waals surface area (Å²) in [6, 6.07) is 3.99. The molecule has 1 aromatic carbocycles. The van der Waals surface area contributed by atoms with E-state index in [0.717, 1.165) is 16.7 Å². The molecule has 4 nitrogen and oxygen atoms in total. The average Bonchev–Trinajstić information content (AvgIpc) is 2.44. The van der Waals surface area contributed by atoms with E-state index in [-0.39, 0.29) is 23.6 Å². The molecule has 1 rings (SSSR count). The summed E-state index contributed by atoms with van der Waals surface area (Å²) in [4.78, 5) is 24.8. The highest BCUT2D eigenvalue weighted by molar-refractivity contribution is 7.00. The lowest BCUT2D eigenvalue weighted by Gasteiger charge is -2.22. The van der Waals surface area contributed by atoms with E-state index in [1.165, 1.54) is 0 Å². The molecule has 5 heteroatoms. The summed E-state index contributed by atoms with van der Waals surface area (Å²) in [5.74, 6) is -0.228. The van der Waals surface area contributed by atoms with Crippen molar-refractivity contribution < 1.29 is 18.9 Å². The molecule has 134 valence electrons. The van der Waals surface area contributed by atoms with Crippen LogP contribution in [0.25, 0.3) is 0 Å². The van der Waals surface area contributed by atoms with Crippen LogP contribution in [0, 0.1) is 32.6 Å². The van der Waals surface area contributed by atoms with E-state index in [0.29, 0.717) is 12.0 Å². The van der Waals surface area contributed by atoms with Crippen molar-refractivity contribution in [3.63, 3.8) is 0 Å². The minimum Gasteiger partial charge on any atom is -0.454 e. The van der Waals surface area contributed by atoms with Crippen molar-refractivity contribution in [2.75, 3.05) is 0 Å². The smallest absolute Gasteiger partial charge is 0.306 e. The van der Waals surface area contributed by atoms with Crippen molar-refractivity contribution in [2.24, 2.45) is 11.8 Å². The summed E-state index contributed by atoms with van der Waals surface area (Å²) < 4.78 is 13.5. The van der Waals surface area contributed by atoms with Gasteiger partial charge >= 0.3 is 5.97 Å². The topological polar surface area (TPSA) is 60.4 Å². The third-order valence-corrected chi connectivity index (χ3v) is 3.62. The van der Waals surface area contributed by atoms with E-state index in [9.17, 15) is 9.59 Å². The van der Waals surface area contributed by atoms with Gasteiger partial charge in [0, 0.05) is 12.0 Å². The molecule has 0 N–H and O–H groups in total. The van der Waals surface area contributed by atoms with Gasteiger partial charge in [-0.15, -0.1) is 0 Å². The summed E-state index contributed by atoms with van der Waals surface area (Å²) in [5, 5.41) is 0. The van der Waals surface area contributed by atoms with Gasteiger partial charge in [0.05, 0.1) is 0 Å². The van der Waals surface area contributed by atoms with Crippen molar-refractivity contribution in [2.45, 2.75) is 61.0 Å². The van der Waals surface area contributed by atoms with E-state index in [1.54, 1.807) is 9.12 Å². The highest BCUT2D eigenvalue weighted by Crippen LogP contribution is 2.22. The normalized spacial score (nSPS) is 11.7. The van der Waals surface area contributed by atoms with Gasteiger partial charge in [0.15, 0.2) is 6.10 Å². The Bertz CT molecular complexity index is 556. The van der Waals surface area contributed by atoms with Crippen LogP contribution in [0.5, 0.6) is 0 Å². The second-order valence-corrected chi connectivity index (χ2v) is 6.89. The fourth-order valence-corrected chi connectivity index (χ4v) is 2.73. The molecule has 0 aliphatic carbocycles. The van der Waals surface area contributed by atoms with Gasteiger partial charge in [0.2, 0.25) is 5.78 Å². The predicted octanol–water partition coefficient (Wildman–Crippen LogP) is 4.88. The van der Waals surface area contributed by atoms with Crippen molar-refractivity contribution in [3.05, 3.63) is 34.4 Å². The van der Waals surface area contributed by atoms with E-state index in [1.807, 2.05) is 60.6 Å². The van der Waals surface area contributed by atoms with Crippen LogP contribution in [0.15, 0.2) is 12.1 Å². The van der Waals surface area contributed by atoms with Crippen LogP contribution in [-0.4, -0.2) is 17.9 Å². The number of esters is 1. The largest absolute Gasteiger partial charge is 0.454 e. The Labute approximate surface area is 147 Å². The minimum atomic E-state index is -0.716. The number of carbonyl (C=O) groups excluding carboxylic acids is 2. The van der Waals surface area contributed by atoms with Gasteiger partial charge in [-0.25, -0.2) is 0 Å². The molecule has 0 fully saturated rings. The predicted molar refractivity (Wildman–Crippen MR) is 98.2 cm³/mol. The monoisotopic (exact) mass is 352 g/mol. The van der Waals surface area contributed by atoms with Gasteiger partial charge < -0.3 is 4.74 Å². The summed E-state index contributed by atoms with van der Waals surface area (Å²) in [6.07, 6.45) is -0.381. The maximum atomic E-state index is 12.9. The maximum Gasteiger partial charge on any atom is 0.306 e. The highest BCUT2D eigenvalue weighted by Gasteiger charge is 2.29. The Balaban J connectivity index is 0.00000254. The zero-order valence-electron chi connectivity index (χ0n) is 15.7. The molecule has 0 saturated carbocycles. The second kappa shape index (κ2) is 10.4. The van der Waals surface area contributed by atoms with Crippen molar-refractivity contribution in [1.82, 2.24) is 0 Å². The summed E-state index contributed by atoms with van der Waals surface area (Å²) >= 11 is 0. The van der Waals surface area contributed by atoms with Gasteiger partial charge in [0.1, 0.15) is 9.12 Å². The van der Waals surface area contributed by atoms with Crippen LogP contribution in [0.4, 0.5) is 0 Å². The molecule has 0 radical (unpaired) electrons. The number of Topliss-reactive ketones (excluding diaryl/α,β-unsaturated/α-hetero) is 1. The summed E-state index contributed by atoms with van der Waals surface area (Å²) in [5.41, 5.74) is 3.69. The molecule has 1 unspecified atom stereocenters. The Hall–Kier alpha value is -1.54. The number of hydrogen-bond acceptors (Lipinski definition) is 4. The molecule has 0 spiro atoms. The van der Waals surface area contributed by atoms with E-state index < -0.39 is 6.10 Å². The highest BCUT2D eigenvalue weighted by atomic mass is 31.0. The first kappa shape index (κ1) is 22.5. The molecule has 0 bridgehead atoms. The number of carbonyl (C=O) groups is 2. The van der Waals surface area contributed by atoms with Crippen LogP contribution in [0.2, 0.25) is 0 Å². The summed E-state index contributed by atoms with van der Waals surface area (Å²) in [7, 11) is 1.72. The van der Waals surface area contributed by atoms with E-state index in [2.05, 4.69) is 0 Å². The molecule has 1 atom stereocenters. The fourth-order valence-electron chi connectivity index (χ4n) is 2.73. The van der Waals surface area contributed by atoms with Gasteiger partial charge in [-0.05, 0) is 43.7 Å². The van der Waals surface area contributed by atoms with Gasteiger partial charge in [-0.1, -0.05) is 45.4 Å². The van der Waals surface area contributed by atoms with Gasteiger partial charge in [-0.3, -0.25) is 14.2 Å². The standard InChI is InChI=1S/C19H28O3.HOP/c1-11(2)8-16(20)22-19(12(3)4)18(21)17-14(6)9-13(5)10-15(17)7;1-2/h9-12,19H,8H2,1-7H3;2H. The fraction of sp³-hybridized carbons (Fsp3) is 0.579. The molecule has 0 aliphatic rings. The zero-order chi connectivity index (χ0) is 19.0. The van der Waals surface area contributed by atoms with Gasteiger partial charge in [0.25, 0.3) is 0 Å². The van der Waals surface area contributed by atoms with Crippen LogP contribution >= 0.6 is 9.12 Å². The van der Waals surface area contributed by atoms with Crippen LogP contribution in [0.1, 0.15) is 61.2 Å². The first-order chi connectivity index (χ1) is 11.1. The summed E-state index contributed by atoms with van der Waals surface area (Å²) in [6.45, 7) is 13.6. The van der Waals surface area contributed by atoms with Crippen molar-refractivity contribution >= 4 is 20.9 Å². The lowest BCUT2D eigenvalue weighted by Crippen LogP contribution is -2.33. The molecule has 0 aliphatic heterocycles. The third-order valence-electron chi connectivity index (χ3n) is 3.62. The van der Waals surface area contributed by atoms with Crippen LogP contribution in [-0.2, 0) is 14.1 Å². The SMILES string of the molecule is Cc1cc(C)c(C(=O)C(OC(=O)CC(C)C)C(C)C)c(C)c1.O=P. The molecular formula is C19H29O4P. The lowest BCUT2D eigenvalue weighted by atomic mass is 9.90. The molecule has 0 amide bonds. The van der Waals surface area contributed by atoms with E-state index >= 15 is 0 Å². The maximum absolute atomic E-state index is 12.9. The van der Waals surface area contributed by atoms with E-state index in [4.69, 9.17) is 9.30 Å². The number of hydrogen-bond donors (Lipinski definition) is 0.